The summed E-state index contributed by atoms with van der Waals surface area (Å²) < 4.78 is 12.5. The van der Waals surface area contributed by atoms with Crippen LogP contribution >= 0.6 is 23.2 Å². The van der Waals surface area contributed by atoms with Gasteiger partial charge in [-0.15, -0.1) is 23.2 Å². The monoisotopic (exact) mass is 1120 g/mol. The summed E-state index contributed by atoms with van der Waals surface area (Å²) in [7, 11) is 0. The number of ether oxygens (including phenoxy) is 2. The number of carbonyl (C=O) groups is 2. The first-order valence-electron chi connectivity index (χ1n) is 31.5. The molecule has 9 nitrogen and oxygen atoms in total. The minimum absolute atomic E-state index is 0. The second kappa shape index (κ2) is 30.4. The maximum absolute atomic E-state index is 11.7. The molecule has 446 valence electrons. The summed E-state index contributed by atoms with van der Waals surface area (Å²) in [6.07, 6.45) is 36.8. The minimum Gasteiger partial charge on any atom is -0.634 e. The van der Waals surface area contributed by atoms with Crippen molar-refractivity contribution >= 4 is 35.1 Å². The van der Waals surface area contributed by atoms with E-state index in [9.17, 15) is 14.8 Å². The van der Waals surface area contributed by atoms with E-state index in [-0.39, 0.29) is 37.0 Å². The van der Waals surface area contributed by atoms with Crippen LogP contribution in [0.25, 0.3) is 0 Å². The quantitative estimate of drug-likeness (QED) is 0.0325. The number of nitrogens with one attached hydrogen (secondary N) is 2. The average molecular weight is 1120 g/mol. The van der Waals surface area contributed by atoms with Crippen molar-refractivity contribution in [2.75, 3.05) is 44.7 Å². The van der Waals surface area contributed by atoms with E-state index in [1.54, 1.807) is 11.1 Å². The summed E-state index contributed by atoms with van der Waals surface area (Å²) in [5.41, 5.74) is 5.17. The molecular weight excluding hydrogens is 1000 g/mol. The van der Waals surface area contributed by atoms with E-state index < -0.39 is 11.9 Å². The van der Waals surface area contributed by atoms with Gasteiger partial charge in [-0.3, -0.25) is 4.79 Å². The summed E-state index contributed by atoms with van der Waals surface area (Å²) in [4.78, 5) is 21.3. The Morgan fingerprint density at radius 3 is 1.49 bits per heavy atom. The van der Waals surface area contributed by atoms with Gasteiger partial charge in [0.05, 0.1) is 37.2 Å². The number of allylic oxidation sites excluding steroid dienone is 2. The Morgan fingerprint density at radius 2 is 1.08 bits per heavy atom. The second-order valence-electron chi connectivity index (χ2n) is 28.3. The van der Waals surface area contributed by atoms with Crippen LogP contribution in [0.3, 0.4) is 0 Å². The molecule has 0 aromatic carbocycles. The van der Waals surface area contributed by atoms with Crippen LogP contribution in [-0.2, 0) is 19.1 Å². The van der Waals surface area contributed by atoms with Crippen LogP contribution in [0.5, 0.6) is 0 Å². The van der Waals surface area contributed by atoms with Crippen molar-refractivity contribution in [3.8, 4) is 0 Å². The number of carboxylic acid groups (broad SMARTS) is 2. The molecule has 0 aromatic heterocycles. The Morgan fingerprint density at radius 1 is 0.636 bits per heavy atom. The van der Waals surface area contributed by atoms with E-state index in [2.05, 4.69) is 86.7 Å². The van der Waals surface area contributed by atoms with Crippen LogP contribution in [0.1, 0.15) is 231 Å². The SMILES string of the molecule is C.CC(C)CCC[C@@H](C)[C@H]1CCC2C3CC=C4C[C@@H](OCCCNCC(=O)O)CC[C@]4(C)C3CC[C@@]21C.CC(C)CCC[C@@H](C)[C@H]1CCC2C3CC=C4C[C@@H](OCCC[NH+]([O-])CC(=O)O)CC[C@]4(C)C3CC[C@@]21C.ClCCl. The van der Waals surface area contributed by atoms with Gasteiger partial charge in [0, 0.05) is 13.0 Å². The highest BCUT2D eigenvalue weighted by atomic mass is 35.5. The summed E-state index contributed by atoms with van der Waals surface area (Å²) >= 11 is 9.53. The van der Waals surface area contributed by atoms with Gasteiger partial charge in [-0.1, -0.05) is 138 Å². The van der Waals surface area contributed by atoms with Gasteiger partial charge in [0.2, 0.25) is 0 Å². The van der Waals surface area contributed by atoms with Gasteiger partial charge in [-0.05, 0) is 208 Å². The molecule has 8 aliphatic carbocycles. The van der Waals surface area contributed by atoms with E-state index in [1.807, 2.05) is 0 Å². The Balaban J connectivity index is 0.000000267. The number of aliphatic carboxylic acids is 2. The van der Waals surface area contributed by atoms with Crippen molar-refractivity contribution in [1.29, 1.82) is 0 Å². The van der Waals surface area contributed by atoms with Gasteiger partial charge in [0.25, 0.3) is 0 Å². The highest BCUT2D eigenvalue weighted by Crippen LogP contribution is 2.69. The molecule has 0 saturated heterocycles. The summed E-state index contributed by atoms with van der Waals surface area (Å²) in [6, 6.07) is 0. The van der Waals surface area contributed by atoms with Gasteiger partial charge in [0.1, 0.15) is 0 Å². The molecule has 0 radical (unpaired) electrons. The van der Waals surface area contributed by atoms with Crippen LogP contribution in [0.15, 0.2) is 23.3 Å². The molecule has 0 aromatic rings. The molecule has 8 rings (SSSR count). The third-order valence-electron chi connectivity index (χ3n) is 22.9. The van der Waals surface area contributed by atoms with Gasteiger partial charge in [-0.2, -0.15) is 0 Å². The van der Waals surface area contributed by atoms with Crippen molar-refractivity contribution in [3.05, 3.63) is 28.5 Å². The number of carboxylic acids is 2. The number of halogens is 2. The molecule has 0 amide bonds. The number of hydrogen-bond donors (Lipinski definition) is 4. The topological polar surface area (TPSA) is 133 Å². The van der Waals surface area contributed by atoms with Crippen LogP contribution in [-0.4, -0.2) is 79.1 Å². The number of quaternary nitrogens is 1. The molecular formula is C66H116Cl2N2O7. The average Bonchev–Trinajstić information content (AvgIpc) is 4.09. The first kappa shape index (κ1) is 66.6. The van der Waals surface area contributed by atoms with Crippen molar-refractivity contribution < 1.29 is 34.3 Å². The fraction of sp³-hybridized carbons (Fsp3) is 0.909. The number of fused-ring (bicyclic) bond motifs is 10. The highest BCUT2D eigenvalue weighted by molar-refractivity contribution is 6.40. The van der Waals surface area contributed by atoms with Crippen molar-refractivity contribution in [2.24, 2.45) is 92.7 Å². The van der Waals surface area contributed by atoms with Crippen LogP contribution < -0.4 is 10.4 Å². The van der Waals surface area contributed by atoms with E-state index >= 15 is 0 Å². The fourth-order valence-corrected chi connectivity index (χ4v) is 19.0. The smallest absolute Gasteiger partial charge is 0.359 e. The summed E-state index contributed by atoms with van der Waals surface area (Å²) in [5, 5.41) is 32.1. The maximum Gasteiger partial charge on any atom is 0.359 e. The minimum atomic E-state index is -1.03. The third-order valence-corrected chi connectivity index (χ3v) is 22.9. The first-order chi connectivity index (χ1) is 36.1. The maximum atomic E-state index is 11.7. The fourth-order valence-electron chi connectivity index (χ4n) is 19.0. The predicted molar refractivity (Wildman–Crippen MR) is 320 cm³/mol. The van der Waals surface area contributed by atoms with Crippen LogP contribution in [0.4, 0.5) is 0 Å². The van der Waals surface area contributed by atoms with Gasteiger partial charge in [0.15, 0.2) is 6.54 Å². The standard InChI is InChI=1S/C32H55NO4.C32H55NO3.CH2Cl2.CH4/c1-22(2)8-6-9-23(3)27-12-13-28-26-11-10-24-20-25(37-19-7-18-33(36)21-30(34)35)14-16-31(24,4)29(26)15-17-32(27,28)5;1-22(2)8-6-9-23(3)27-12-13-28-26-11-10-24-20-25(36-19-7-18-33-21-30(34)35)14-16-31(24,4)29(26)15-17-32(27,28)5;2-1-3;/h10,22-23,25-29,33H,6-9,11-21H2,1-5H3,(H,34,35);10,22-23,25-29,33H,6-9,11-21H2,1-5H3,(H,34,35);1H2;1H4/t2*23-,25+,26?,27-,28?,29?,31+,32-;;/m11../s1. The van der Waals surface area contributed by atoms with E-state index in [1.165, 1.54) is 122 Å². The lowest BCUT2D eigenvalue weighted by Crippen LogP contribution is -3.08. The molecule has 77 heavy (non-hydrogen) atoms. The van der Waals surface area contributed by atoms with Crippen molar-refractivity contribution in [1.82, 2.24) is 5.32 Å². The molecule has 11 heteroatoms. The van der Waals surface area contributed by atoms with Gasteiger partial charge in [-0.25, -0.2) is 4.79 Å². The number of hydrogen-bond acceptors (Lipinski definition) is 6. The Labute approximate surface area is 481 Å². The largest absolute Gasteiger partial charge is 0.634 e. The Hall–Kier alpha value is -1.20. The number of alkyl halides is 2. The summed E-state index contributed by atoms with van der Waals surface area (Å²) in [5.74, 6) is 8.70. The van der Waals surface area contributed by atoms with Gasteiger partial charge < -0.3 is 35.3 Å². The zero-order chi connectivity index (χ0) is 55.4. The molecule has 0 aliphatic heterocycles. The second-order valence-corrected chi connectivity index (χ2v) is 29.1. The Kier molecular flexibility index (Phi) is 26.3. The lowest BCUT2D eigenvalue weighted by molar-refractivity contribution is -0.840. The third kappa shape index (κ3) is 16.5. The molecule has 7 unspecified atom stereocenters. The van der Waals surface area contributed by atoms with Crippen molar-refractivity contribution in [2.45, 2.75) is 243 Å². The van der Waals surface area contributed by atoms with E-state index in [0.29, 0.717) is 53.9 Å². The Bertz CT molecular complexity index is 1880. The number of rotatable bonds is 24. The van der Waals surface area contributed by atoms with Crippen LogP contribution in [0.2, 0.25) is 0 Å². The predicted octanol–water partition coefficient (Wildman–Crippen LogP) is 15.8. The molecule has 17 atom stereocenters. The zero-order valence-corrected chi connectivity index (χ0v) is 51.4. The van der Waals surface area contributed by atoms with Crippen molar-refractivity contribution in [3.63, 3.8) is 0 Å². The van der Waals surface area contributed by atoms with E-state index in [4.69, 9.17) is 42.9 Å². The molecule has 0 heterocycles. The summed E-state index contributed by atoms with van der Waals surface area (Å²) in [6.45, 7) is 27.1. The first-order valence-corrected chi connectivity index (χ1v) is 32.6. The molecule has 6 saturated carbocycles. The molecule has 0 spiro atoms. The lowest BCUT2D eigenvalue weighted by atomic mass is 9.47. The zero-order valence-electron chi connectivity index (χ0n) is 49.8. The normalized spacial score (nSPS) is 37.0. The lowest BCUT2D eigenvalue weighted by Gasteiger charge is -2.58. The molecule has 8 aliphatic rings. The molecule has 4 N–H and O–H groups in total. The van der Waals surface area contributed by atoms with Gasteiger partial charge >= 0.3 is 11.9 Å². The highest BCUT2D eigenvalue weighted by Gasteiger charge is 2.61. The van der Waals surface area contributed by atoms with E-state index in [0.717, 1.165) is 103 Å². The molecule has 0 bridgehead atoms. The molecule has 6 fully saturated rings. The number of hydroxylamine groups is 2. The van der Waals surface area contributed by atoms with Crippen LogP contribution in [0, 0.1) is 97.9 Å².